The number of rotatable bonds is 5. The fraction of sp³-hybridized carbons (Fsp3) is 0.500. The number of nitrogens with zero attached hydrogens (tertiary/aromatic N) is 3. The molecule has 1 aliphatic carbocycles. The Labute approximate surface area is 131 Å². The molecule has 2 heterocycles. The zero-order valence-electron chi connectivity index (χ0n) is 13.3. The van der Waals surface area contributed by atoms with E-state index in [1.807, 2.05) is 12.3 Å². The average Bonchev–Trinajstić information content (AvgIpc) is 3.23. The summed E-state index contributed by atoms with van der Waals surface area (Å²) in [4.78, 5) is 2.45. The summed E-state index contributed by atoms with van der Waals surface area (Å²) >= 11 is 0. The number of aromatic nitrogens is 2. The van der Waals surface area contributed by atoms with Crippen molar-refractivity contribution in [1.29, 1.82) is 0 Å². The third kappa shape index (κ3) is 2.63. The van der Waals surface area contributed by atoms with Crippen LogP contribution in [0, 0.1) is 6.92 Å². The molecule has 22 heavy (non-hydrogen) atoms. The van der Waals surface area contributed by atoms with E-state index in [1.54, 1.807) is 0 Å². The molecule has 1 saturated heterocycles. The third-order valence-corrected chi connectivity index (χ3v) is 4.73. The lowest BCUT2D eigenvalue weighted by atomic mass is 10.1. The molecule has 0 bridgehead atoms. The Morgan fingerprint density at radius 1 is 1.23 bits per heavy atom. The SMILES string of the molecule is Cc1ccccc1OC1CN(Cc2cnn(C)c2C2CC2)C1. The Balaban J connectivity index is 1.33. The van der Waals surface area contributed by atoms with Crippen LogP contribution < -0.4 is 4.74 Å². The highest BCUT2D eigenvalue weighted by atomic mass is 16.5. The first-order chi connectivity index (χ1) is 10.7. The highest BCUT2D eigenvalue weighted by molar-refractivity contribution is 5.32. The number of likely N-dealkylation sites (tertiary alicyclic amines) is 1. The van der Waals surface area contributed by atoms with Crippen LogP contribution in [0.15, 0.2) is 30.5 Å². The van der Waals surface area contributed by atoms with Crippen molar-refractivity contribution in [2.24, 2.45) is 7.05 Å². The summed E-state index contributed by atoms with van der Waals surface area (Å²) in [6.07, 6.45) is 5.02. The van der Waals surface area contributed by atoms with Crippen molar-refractivity contribution in [3.8, 4) is 5.75 Å². The molecule has 0 N–H and O–H groups in total. The standard InChI is InChI=1S/C18H23N3O/c1-13-5-3-4-6-17(13)22-16-11-21(12-16)10-15-9-19-20(2)18(15)14-7-8-14/h3-6,9,14,16H,7-8,10-12H2,1-2H3. The Morgan fingerprint density at radius 3 is 2.73 bits per heavy atom. The normalized spacial score (nSPS) is 19.2. The molecule has 2 aliphatic rings. The molecule has 0 atom stereocenters. The Kier molecular flexibility index (Phi) is 3.41. The van der Waals surface area contributed by atoms with E-state index in [1.165, 1.54) is 29.7 Å². The van der Waals surface area contributed by atoms with Crippen molar-refractivity contribution < 1.29 is 4.74 Å². The molecule has 4 heteroatoms. The zero-order chi connectivity index (χ0) is 15.1. The van der Waals surface area contributed by atoms with E-state index in [-0.39, 0.29) is 0 Å². The minimum atomic E-state index is 0.321. The molecule has 0 radical (unpaired) electrons. The van der Waals surface area contributed by atoms with Gasteiger partial charge in [0.25, 0.3) is 0 Å². The fourth-order valence-electron chi connectivity index (χ4n) is 3.33. The van der Waals surface area contributed by atoms with Crippen molar-refractivity contribution in [3.63, 3.8) is 0 Å². The van der Waals surface area contributed by atoms with E-state index in [9.17, 15) is 0 Å². The molecule has 0 amide bonds. The number of hydrogen-bond donors (Lipinski definition) is 0. The minimum absolute atomic E-state index is 0.321. The van der Waals surface area contributed by atoms with Crippen LogP contribution >= 0.6 is 0 Å². The Hall–Kier alpha value is -1.81. The van der Waals surface area contributed by atoms with Crippen molar-refractivity contribution in [1.82, 2.24) is 14.7 Å². The topological polar surface area (TPSA) is 30.3 Å². The van der Waals surface area contributed by atoms with Gasteiger partial charge in [-0.05, 0) is 31.4 Å². The van der Waals surface area contributed by atoms with Gasteiger partial charge in [-0.25, -0.2) is 0 Å². The average molecular weight is 297 g/mol. The monoisotopic (exact) mass is 297 g/mol. The van der Waals surface area contributed by atoms with Gasteiger partial charge in [-0.1, -0.05) is 18.2 Å². The van der Waals surface area contributed by atoms with Gasteiger partial charge in [0, 0.05) is 43.9 Å². The number of hydrogen-bond acceptors (Lipinski definition) is 3. The van der Waals surface area contributed by atoms with E-state index in [0.29, 0.717) is 6.10 Å². The second kappa shape index (κ2) is 5.43. The molecule has 116 valence electrons. The quantitative estimate of drug-likeness (QED) is 0.850. The number of para-hydroxylation sites is 1. The van der Waals surface area contributed by atoms with Gasteiger partial charge >= 0.3 is 0 Å². The van der Waals surface area contributed by atoms with Gasteiger partial charge in [-0.2, -0.15) is 5.10 Å². The lowest BCUT2D eigenvalue weighted by Gasteiger charge is -2.39. The second-order valence-corrected chi connectivity index (χ2v) is 6.65. The van der Waals surface area contributed by atoms with Gasteiger partial charge in [0.2, 0.25) is 0 Å². The van der Waals surface area contributed by atoms with Crippen LogP contribution in [0.5, 0.6) is 5.75 Å². The fourth-order valence-corrected chi connectivity index (χ4v) is 3.33. The number of aryl methyl sites for hydroxylation is 2. The molecule has 2 aromatic rings. The summed E-state index contributed by atoms with van der Waals surface area (Å²) in [6.45, 7) is 5.12. The number of ether oxygens (including phenoxy) is 1. The van der Waals surface area contributed by atoms with Gasteiger partial charge in [-0.3, -0.25) is 9.58 Å². The predicted octanol–water partition coefficient (Wildman–Crippen LogP) is 2.87. The van der Waals surface area contributed by atoms with Crippen molar-refractivity contribution in [2.45, 2.75) is 38.3 Å². The van der Waals surface area contributed by atoms with Crippen LogP contribution in [0.4, 0.5) is 0 Å². The molecule has 4 nitrogen and oxygen atoms in total. The highest BCUT2D eigenvalue weighted by Crippen LogP contribution is 2.41. The maximum atomic E-state index is 6.08. The summed E-state index contributed by atoms with van der Waals surface area (Å²) in [5.74, 6) is 1.77. The van der Waals surface area contributed by atoms with E-state index in [2.05, 4.69) is 46.9 Å². The zero-order valence-corrected chi connectivity index (χ0v) is 13.3. The van der Waals surface area contributed by atoms with Gasteiger partial charge in [0.15, 0.2) is 0 Å². The minimum Gasteiger partial charge on any atom is -0.487 e. The summed E-state index contributed by atoms with van der Waals surface area (Å²) < 4.78 is 8.15. The summed E-state index contributed by atoms with van der Waals surface area (Å²) in [6, 6.07) is 8.25. The third-order valence-electron chi connectivity index (χ3n) is 4.73. The molecule has 0 unspecified atom stereocenters. The highest BCUT2D eigenvalue weighted by Gasteiger charge is 2.33. The van der Waals surface area contributed by atoms with Crippen LogP contribution in [-0.2, 0) is 13.6 Å². The number of benzene rings is 1. The van der Waals surface area contributed by atoms with Crippen LogP contribution in [0.25, 0.3) is 0 Å². The molecule has 1 saturated carbocycles. The summed E-state index contributed by atoms with van der Waals surface area (Å²) in [5, 5.41) is 4.45. The van der Waals surface area contributed by atoms with E-state index >= 15 is 0 Å². The molecule has 0 spiro atoms. The molecule has 1 aromatic carbocycles. The maximum absolute atomic E-state index is 6.08. The van der Waals surface area contributed by atoms with Gasteiger partial charge in [0.05, 0.1) is 6.20 Å². The van der Waals surface area contributed by atoms with Crippen molar-refractivity contribution >= 4 is 0 Å². The first kappa shape index (κ1) is 13.8. The molecule has 1 aliphatic heterocycles. The Bertz CT molecular complexity index is 669. The van der Waals surface area contributed by atoms with Gasteiger partial charge < -0.3 is 4.74 Å². The van der Waals surface area contributed by atoms with Gasteiger partial charge in [-0.15, -0.1) is 0 Å². The first-order valence-electron chi connectivity index (χ1n) is 8.16. The molecular weight excluding hydrogens is 274 g/mol. The maximum Gasteiger partial charge on any atom is 0.124 e. The molecule has 1 aromatic heterocycles. The smallest absolute Gasteiger partial charge is 0.124 e. The van der Waals surface area contributed by atoms with E-state index in [0.717, 1.165) is 31.3 Å². The van der Waals surface area contributed by atoms with Crippen LogP contribution in [-0.4, -0.2) is 33.9 Å². The largest absolute Gasteiger partial charge is 0.487 e. The van der Waals surface area contributed by atoms with Crippen LogP contribution in [0.1, 0.15) is 35.6 Å². The second-order valence-electron chi connectivity index (χ2n) is 6.65. The van der Waals surface area contributed by atoms with E-state index in [4.69, 9.17) is 4.74 Å². The predicted molar refractivity (Wildman–Crippen MR) is 86.1 cm³/mol. The lowest BCUT2D eigenvalue weighted by molar-refractivity contribution is 0.0140. The molecule has 4 rings (SSSR count). The summed E-state index contributed by atoms with van der Waals surface area (Å²) in [5.41, 5.74) is 4.06. The first-order valence-corrected chi connectivity index (χ1v) is 8.16. The van der Waals surface area contributed by atoms with Crippen molar-refractivity contribution in [3.05, 3.63) is 47.3 Å². The summed E-state index contributed by atoms with van der Waals surface area (Å²) in [7, 11) is 2.07. The van der Waals surface area contributed by atoms with Crippen LogP contribution in [0.3, 0.4) is 0 Å². The Morgan fingerprint density at radius 2 is 2.00 bits per heavy atom. The van der Waals surface area contributed by atoms with Crippen molar-refractivity contribution in [2.75, 3.05) is 13.1 Å². The van der Waals surface area contributed by atoms with Crippen LogP contribution in [0.2, 0.25) is 0 Å². The molecular formula is C18H23N3O. The van der Waals surface area contributed by atoms with Gasteiger partial charge in [0.1, 0.15) is 11.9 Å². The molecule has 2 fully saturated rings. The van der Waals surface area contributed by atoms with E-state index < -0.39 is 0 Å². The lowest BCUT2D eigenvalue weighted by Crippen LogP contribution is -2.53.